The number of thioether (sulfide) groups is 1. The number of hydrogen-bond donors (Lipinski definition) is 1. The van der Waals surface area contributed by atoms with Gasteiger partial charge in [-0.3, -0.25) is 4.79 Å². The van der Waals surface area contributed by atoms with Crippen molar-refractivity contribution in [2.24, 2.45) is 0 Å². The number of rotatable bonds is 6. The molecule has 0 bridgehead atoms. The quantitative estimate of drug-likeness (QED) is 0.691. The van der Waals surface area contributed by atoms with Crippen LogP contribution in [0.15, 0.2) is 58.0 Å². The number of furan rings is 1. The van der Waals surface area contributed by atoms with Gasteiger partial charge < -0.3 is 9.73 Å². The number of aromatic nitrogens is 2. The fourth-order valence-corrected chi connectivity index (χ4v) is 3.15. The Morgan fingerprint density at radius 3 is 2.79 bits per heavy atom. The van der Waals surface area contributed by atoms with Gasteiger partial charge in [0.2, 0.25) is 5.91 Å². The van der Waals surface area contributed by atoms with Crippen molar-refractivity contribution in [3.63, 3.8) is 0 Å². The van der Waals surface area contributed by atoms with Crippen molar-refractivity contribution >= 4 is 23.5 Å². The van der Waals surface area contributed by atoms with Crippen molar-refractivity contribution in [2.75, 3.05) is 11.1 Å². The van der Waals surface area contributed by atoms with E-state index < -0.39 is 0 Å². The van der Waals surface area contributed by atoms with E-state index in [1.807, 2.05) is 50.2 Å². The summed E-state index contributed by atoms with van der Waals surface area (Å²) in [7, 11) is 0. The molecule has 3 rings (SSSR count). The monoisotopic (exact) mass is 341 g/mol. The zero-order valence-corrected chi connectivity index (χ0v) is 14.5. The normalized spacial score (nSPS) is 10.8. The fraction of sp³-hybridized carbons (Fsp3) is 0.222. The molecule has 0 radical (unpaired) electrons. The minimum Gasteiger partial charge on any atom is -0.464 e. The van der Waals surface area contributed by atoms with Crippen LogP contribution < -0.4 is 5.32 Å². The third-order valence-electron chi connectivity index (χ3n) is 3.54. The number of hydrogen-bond acceptors (Lipinski definition) is 4. The summed E-state index contributed by atoms with van der Waals surface area (Å²) in [5, 5.41) is 7.15. The summed E-state index contributed by atoms with van der Waals surface area (Å²) < 4.78 is 7.27. The van der Waals surface area contributed by atoms with Crippen LogP contribution in [-0.4, -0.2) is 21.4 Å². The number of amides is 1. The van der Waals surface area contributed by atoms with Crippen LogP contribution in [0.3, 0.4) is 0 Å². The van der Waals surface area contributed by atoms with E-state index in [4.69, 9.17) is 4.42 Å². The molecule has 1 aromatic carbocycles. The lowest BCUT2D eigenvalue weighted by molar-refractivity contribution is -0.113. The first-order valence-electron chi connectivity index (χ1n) is 7.67. The lowest BCUT2D eigenvalue weighted by atomic mass is 10.2. The maximum absolute atomic E-state index is 12.2. The van der Waals surface area contributed by atoms with Gasteiger partial charge in [-0.25, -0.2) is 4.68 Å². The minimum atomic E-state index is -0.0550. The molecule has 1 N–H and O–H groups in total. The molecule has 0 aliphatic carbocycles. The van der Waals surface area contributed by atoms with Crippen LogP contribution in [0.5, 0.6) is 0 Å². The molecular formula is C18H19N3O2S. The van der Waals surface area contributed by atoms with Gasteiger partial charge in [0.1, 0.15) is 23.9 Å². The van der Waals surface area contributed by atoms with Crippen LogP contribution in [0.2, 0.25) is 0 Å². The maximum Gasteiger partial charge on any atom is 0.235 e. The molecule has 124 valence electrons. The Labute approximate surface area is 145 Å². The van der Waals surface area contributed by atoms with Gasteiger partial charge in [0.15, 0.2) is 0 Å². The predicted octanol–water partition coefficient (Wildman–Crippen LogP) is 3.87. The number of aryl methyl sites for hydroxylation is 2. The van der Waals surface area contributed by atoms with Crippen LogP contribution in [-0.2, 0) is 11.3 Å². The van der Waals surface area contributed by atoms with Gasteiger partial charge >= 0.3 is 0 Å². The molecule has 0 atom stereocenters. The number of nitrogens with one attached hydrogen (secondary N) is 1. The lowest BCUT2D eigenvalue weighted by Crippen LogP contribution is -2.17. The molecule has 1 amide bonds. The first-order chi connectivity index (χ1) is 11.6. The fourth-order valence-electron chi connectivity index (χ4n) is 2.32. The van der Waals surface area contributed by atoms with E-state index in [1.54, 1.807) is 16.9 Å². The van der Waals surface area contributed by atoms with Gasteiger partial charge in [-0.2, -0.15) is 5.10 Å². The summed E-state index contributed by atoms with van der Waals surface area (Å²) in [6.45, 7) is 4.43. The van der Waals surface area contributed by atoms with Gasteiger partial charge in [0, 0.05) is 11.0 Å². The van der Waals surface area contributed by atoms with Crippen LogP contribution in [0.4, 0.5) is 5.82 Å². The van der Waals surface area contributed by atoms with Crippen molar-refractivity contribution in [1.82, 2.24) is 9.78 Å². The minimum absolute atomic E-state index is 0.0550. The van der Waals surface area contributed by atoms with Gasteiger partial charge in [-0.05, 0) is 37.6 Å². The average molecular weight is 341 g/mol. The molecule has 5 nitrogen and oxygen atoms in total. The Bertz CT molecular complexity index is 838. The summed E-state index contributed by atoms with van der Waals surface area (Å²) in [4.78, 5) is 13.3. The first kappa shape index (κ1) is 16.4. The van der Waals surface area contributed by atoms with Gasteiger partial charge in [-0.15, -0.1) is 11.8 Å². The highest BCUT2D eigenvalue weighted by Crippen LogP contribution is 2.22. The Morgan fingerprint density at radius 2 is 2.04 bits per heavy atom. The van der Waals surface area contributed by atoms with E-state index in [0.717, 1.165) is 16.4 Å². The third kappa shape index (κ3) is 4.08. The van der Waals surface area contributed by atoms with E-state index >= 15 is 0 Å². The highest BCUT2D eigenvalue weighted by molar-refractivity contribution is 8.00. The smallest absolute Gasteiger partial charge is 0.235 e. The molecule has 0 spiro atoms. The van der Waals surface area contributed by atoms with Crippen molar-refractivity contribution < 1.29 is 9.21 Å². The second kappa shape index (κ2) is 7.40. The molecular weight excluding hydrogens is 322 g/mol. The highest BCUT2D eigenvalue weighted by atomic mass is 32.2. The highest BCUT2D eigenvalue weighted by Gasteiger charge is 2.10. The maximum atomic E-state index is 12.2. The SMILES string of the molecule is Cc1ccc(Cn2nccc2NC(=O)CSc2ccccc2C)o1. The molecule has 6 heteroatoms. The number of anilines is 1. The Kier molecular flexibility index (Phi) is 5.05. The second-order valence-corrected chi connectivity index (χ2v) is 6.51. The molecule has 3 aromatic rings. The molecule has 0 saturated heterocycles. The zero-order valence-electron chi connectivity index (χ0n) is 13.7. The van der Waals surface area contributed by atoms with Crippen LogP contribution in [0.25, 0.3) is 0 Å². The lowest BCUT2D eigenvalue weighted by Gasteiger charge is -2.08. The molecule has 0 saturated carbocycles. The van der Waals surface area contributed by atoms with E-state index in [9.17, 15) is 4.79 Å². The van der Waals surface area contributed by atoms with E-state index in [2.05, 4.69) is 10.4 Å². The summed E-state index contributed by atoms with van der Waals surface area (Å²) in [6, 6.07) is 13.7. The number of carbonyl (C=O) groups excluding carboxylic acids is 1. The summed E-state index contributed by atoms with van der Waals surface area (Å²) in [5.74, 6) is 2.63. The molecule has 24 heavy (non-hydrogen) atoms. The Morgan fingerprint density at radius 1 is 1.21 bits per heavy atom. The van der Waals surface area contributed by atoms with Crippen molar-refractivity contribution in [3.8, 4) is 0 Å². The number of nitrogens with zero attached hydrogens (tertiary/aromatic N) is 2. The molecule has 0 unspecified atom stereocenters. The van der Waals surface area contributed by atoms with Gasteiger partial charge in [0.25, 0.3) is 0 Å². The van der Waals surface area contributed by atoms with Crippen LogP contribution in [0, 0.1) is 13.8 Å². The van der Waals surface area contributed by atoms with Gasteiger partial charge in [0.05, 0.1) is 11.9 Å². The van der Waals surface area contributed by atoms with Crippen LogP contribution in [0.1, 0.15) is 17.1 Å². The van der Waals surface area contributed by atoms with Crippen LogP contribution >= 0.6 is 11.8 Å². The predicted molar refractivity (Wildman–Crippen MR) is 95.3 cm³/mol. The molecule has 2 aromatic heterocycles. The van der Waals surface area contributed by atoms with E-state index in [0.29, 0.717) is 18.1 Å². The molecule has 0 fully saturated rings. The van der Waals surface area contributed by atoms with Crippen molar-refractivity contribution in [3.05, 3.63) is 65.7 Å². The number of benzene rings is 1. The van der Waals surface area contributed by atoms with Crippen molar-refractivity contribution in [1.29, 1.82) is 0 Å². The molecule has 2 heterocycles. The topological polar surface area (TPSA) is 60.1 Å². The molecule has 0 aliphatic heterocycles. The molecule has 0 aliphatic rings. The summed E-state index contributed by atoms with van der Waals surface area (Å²) in [6.07, 6.45) is 1.67. The van der Waals surface area contributed by atoms with Gasteiger partial charge in [-0.1, -0.05) is 18.2 Å². The van der Waals surface area contributed by atoms with E-state index in [1.165, 1.54) is 17.3 Å². The first-order valence-corrected chi connectivity index (χ1v) is 8.66. The Hall–Kier alpha value is -2.47. The zero-order chi connectivity index (χ0) is 16.9. The summed E-state index contributed by atoms with van der Waals surface area (Å²) in [5.41, 5.74) is 1.17. The average Bonchev–Trinajstić information content (AvgIpc) is 3.16. The second-order valence-electron chi connectivity index (χ2n) is 5.49. The van der Waals surface area contributed by atoms with Crippen molar-refractivity contribution in [2.45, 2.75) is 25.3 Å². The standard InChI is InChI=1S/C18H19N3O2S/c1-13-5-3-4-6-16(13)24-12-18(22)20-17-9-10-19-21(17)11-15-8-7-14(2)23-15/h3-10H,11-12H2,1-2H3,(H,20,22). The largest absolute Gasteiger partial charge is 0.464 e. The Balaban J connectivity index is 1.59. The summed E-state index contributed by atoms with van der Waals surface area (Å²) >= 11 is 1.53. The third-order valence-corrected chi connectivity index (χ3v) is 4.71. The van der Waals surface area contributed by atoms with E-state index in [-0.39, 0.29) is 5.91 Å². The number of carbonyl (C=O) groups is 1.